The van der Waals surface area contributed by atoms with Crippen molar-refractivity contribution in [3.8, 4) is 5.75 Å². The van der Waals surface area contributed by atoms with Gasteiger partial charge in [-0.05, 0) is 66.4 Å². The minimum Gasteiger partial charge on any atom is -0.487 e. The summed E-state index contributed by atoms with van der Waals surface area (Å²) < 4.78 is 6.90. The van der Waals surface area contributed by atoms with Gasteiger partial charge in [0.2, 0.25) is 0 Å². The average molecular weight is 431 g/mol. The van der Waals surface area contributed by atoms with Crippen LogP contribution >= 0.6 is 27.5 Å². The predicted molar refractivity (Wildman–Crippen MR) is 113 cm³/mol. The first-order valence-corrected chi connectivity index (χ1v) is 9.66. The maximum Gasteiger partial charge on any atom is 0.138 e. The maximum absolute atomic E-state index is 6.40. The summed E-state index contributed by atoms with van der Waals surface area (Å²) in [6.45, 7) is 5.46. The van der Waals surface area contributed by atoms with Crippen molar-refractivity contribution >= 4 is 33.2 Å². The maximum atomic E-state index is 6.40. The lowest BCUT2D eigenvalue weighted by Gasteiger charge is -2.13. The molecule has 1 N–H and O–H groups in total. The van der Waals surface area contributed by atoms with Crippen LogP contribution in [0.1, 0.15) is 22.3 Å². The van der Waals surface area contributed by atoms with Crippen LogP contribution in [0.4, 0.5) is 5.69 Å². The van der Waals surface area contributed by atoms with Crippen molar-refractivity contribution in [3.63, 3.8) is 0 Å². The predicted octanol–water partition coefficient (Wildman–Crippen LogP) is 6.91. The van der Waals surface area contributed by atoms with E-state index in [9.17, 15) is 0 Å². The molecule has 0 radical (unpaired) electrons. The molecule has 0 amide bonds. The van der Waals surface area contributed by atoms with E-state index >= 15 is 0 Å². The van der Waals surface area contributed by atoms with Crippen LogP contribution in [0.25, 0.3) is 0 Å². The Bertz CT molecular complexity index is 893. The second-order valence-electron chi connectivity index (χ2n) is 6.28. The van der Waals surface area contributed by atoms with Gasteiger partial charge in [-0.15, -0.1) is 0 Å². The van der Waals surface area contributed by atoms with Crippen molar-refractivity contribution in [2.24, 2.45) is 0 Å². The molecule has 0 aromatic heterocycles. The van der Waals surface area contributed by atoms with E-state index < -0.39 is 0 Å². The Morgan fingerprint density at radius 1 is 0.962 bits per heavy atom. The number of halogens is 2. The standard InChI is InChI=1S/C22H21BrClNO/c1-15-4-3-5-21(16(15)2)25-13-18-8-11-22(20(24)12-18)26-14-17-6-9-19(23)10-7-17/h3-12,25H,13-14H2,1-2H3. The third-order valence-corrected chi connectivity index (χ3v) is 5.22. The number of anilines is 1. The summed E-state index contributed by atoms with van der Waals surface area (Å²) in [6, 6.07) is 20.3. The summed E-state index contributed by atoms with van der Waals surface area (Å²) in [5.41, 5.74) is 5.92. The molecule has 0 heterocycles. The molecule has 0 aliphatic carbocycles. The summed E-state index contributed by atoms with van der Waals surface area (Å²) >= 11 is 9.83. The minimum atomic E-state index is 0.493. The summed E-state index contributed by atoms with van der Waals surface area (Å²) in [4.78, 5) is 0. The number of aryl methyl sites for hydroxylation is 1. The van der Waals surface area contributed by atoms with Gasteiger partial charge in [0.05, 0.1) is 5.02 Å². The molecular weight excluding hydrogens is 410 g/mol. The van der Waals surface area contributed by atoms with Crippen LogP contribution in [0.3, 0.4) is 0 Å². The molecular formula is C22H21BrClNO. The molecule has 0 saturated heterocycles. The second-order valence-corrected chi connectivity index (χ2v) is 7.60. The molecule has 0 atom stereocenters. The monoisotopic (exact) mass is 429 g/mol. The highest BCUT2D eigenvalue weighted by Crippen LogP contribution is 2.27. The van der Waals surface area contributed by atoms with Crippen molar-refractivity contribution in [2.75, 3.05) is 5.32 Å². The van der Waals surface area contributed by atoms with E-state index in [1.807, 2.05) is 42.5 Å². The topological polar surface area (TPSA) is 21.3 Å². The van der Waals surface area contributed by atoms with Gasteiger partial charge in [0.1, 0.15) is 12.4 Å². The Balaban J connectivity index is 1.61. The highest BCUT2D eigenvalue weighted by Gasteiger charge is 2.05. The number of nitrogens with one attached hydrogen (secondary N) is 1. The van der Waals surface area contributed by atoms with Crippen LogP contribution in [0.5, 0.6) is 5.75 Å². The summed E-state index contributed by atoms with van der Waals surface area (Å²) in [5.74, 6) is 0.699. The molecule has 0 spiro atoms. The zero-order valence-electron chi connectivity index (χ0n) is 14.9. The number of benzene rings is 3. The highest BCUT2D eigenvalue weighted by molar-refractivity contribution is 9.10. The SMILES string of the molecule is Cc1cccc(NCc2ccc(OCc3ccc(Br)cc3)c(Cl)c2)c1C. The molecule has 4 heteroatoms. The third-order valence-electron chi connectivity index (χ3n) is 4.39. The molecule has 3 aromatic rings. The van der Waals surface area contributed by atoms with Crippen molar-refractivity contribution < 1.29 is 4.74 Å². The van der Waals surface area contributed by atoms with Gasteiger partial charge in [0.25, 0.3) is 0 Å². The lowest BCUT2D eigenvalue weighted by molar-refractivity contribution is 0.306. The number of hydrogen-bond acceptors (Lipinski definition) is 2. The zero-order valence-corrected chi connectivity index (χ0v) is 17.2. The number of ether oxygens (including phenoxy) is 1. The lowest BCUT2D eigenvalue weighted by atomic mass is 10.1. The third kappa shape index (κ3) is 4.80. The van der Waals surface area contributed by atoms with Gasteiger partial charge < -0.3 is 10.1 Å². The molecule has 0 saturated carbocycles. The van der Waals surface area contributed by atoms with Gasteiger partial charge in [-0.25, -0.2) is 0 Å². The van der Waals surface area contributed by atoms with Gasteiger partial charge in [-0.2, -0.15) is 0 Å². The fraction of sp³-hybridized carbons (Fsp3) is 0.182. The van der Waals surface area contributed by atoms with Crippen LogP contribution in [0.15, 0.2) is 65.1 Å². The van der Waals surface area contributed by atoms with Gasteiger partial charge in [-0.1, -0.05) is 57.9 Å². The van der Waals surface area contributed by atoms with Gasteiger partial charge >= 0.3 is 0 Å². The Morgan fingerprint density at radius 2 is 1.69 bits per heavy atom. The first-order valence-electron chi connectivity index (χ1n) is 8.48. The van der Waals surface area contributed by atoms with Gasteiger partial charge in [0, 0.05) is 16.7 Å². The molecule has 0 bridgehead atoms. The summed E-state index contributed by atoms with van der Waals surface area (Å²) in [7, 11) is 0. The van der Waals surface area contributed by atoms with Gasteiger partial charge in [0.15, 0.2) is 0 Å². The summed E-state index contributed by atoms with van der Waals surface area (Å²) in [5, 5.41) is 4.10. The Morgan fingerprint density at radius 3 is 2.42 bits per heavy atom. The van der Waals surface area contributed by atoms with Crippen LogP contribution < -0.4 is 10.1 Å². The van der Waals surface area contributed by atoms with Crippen molar-refractivity contribution in [2.45, 2.75) is 27.0 Å². The van der Waals surface area contributed by atoms with Crippen LogP contribution in [-0.4, -0.2) is 0 Å². The van der Waals surface area contributed by atoms with E-state index in [2.05, 4.69) is 53.3 Å². The second kappa shape index (κ2) is 8.61. The first-order chi connectivity index (χ1) is 12.5. The molecule has 26 heavy (non-hydrogen) atoms. The van der Waals surface area contributed by atoms with Crippen molar-refractivity contribution in [3.05, 3.63) is 92.4 Å². The molecule has 0 aliphatic rings. The molecule has 3 rings (SSSR count). The first kappa shape index (κ1) is 18.8. The molecule has 0 aliphatic heterocycles. The lowest BCUT2D eigenvalue weighted by Crippen LogP contribution is -2.02. The molecule has 0 unspecified atom stereocenters. The summed E-state index contributed by atoms with van der Waals surface area (Å²) in [6.07, 6.45) is 0. The largest absolute Gasteiger partial charge is 0.487 e. The average Bonchev–Trinajstić information content (AvgIpc) is 2.63. The van der Waals surface area contributed by atoms with Crippen molar-refractivity contribution in [1.82, 2.24) is 0 Å². The minimum absolute atomic E-state index is 0.493. The van der Waals surface area contributed by atoms with E-state index in [0.717, 1.165) is 27.8 Å². The van der Waals surface area contributed by atoms with Gasteiger partial charge in [-0.3, -0.25) is 0 Å². The molecule has 0 fully saturated rings. The van der Waals surface area contributed by atoms with Crippen LogP contribution in [-0.2, 0) is 13.2 Å². The molecule has 134 valence electrons. The molecule has 3 aromatic carbocycles. The normalized spacial score (nSPS) is 10.6. The van der Waals surface area contributed by atoms with E-state index in [1.165, 1.54) is 11.1 Å². The van der Waals surface area contributed by atoms with Crippen molar-refractivity contribution in [1.29, 1.82) is 0 Å². The van der Waals surface area contributed by atoms with E-state index in [4.69, 9.17) is 16.3 Å². The zero-order chi connectivity index (χ0) is 18.5. The van der Waals surface area contributed by atoms with E-state index in [-0.39, 0.29) is 0 Å². The van der Waals surface area contributed by atoms with E-state index in [1.54, 1.807) is 0 Å². The Kier molecular flexibility index (Phi) is 6.23. The van der Waals surface area contributed by atoms with Crippen LogP contribution in [0, 0.1) is 13.8 Å². The Labute approximate surface area is 168 Å². The quantitative estimate of drug-likeness (QED) is 0.458. The fourth-order valence-electron chi connectivity index (χ4n) is 2.65. The Hall–Kier alpha value is -1.97. The van der Waals surface area contributed by atoms with E-state index in [0.29, 0.717) is 17.4 Å². The fourth-order valence-corrected chi connectivity index (χ4v) is 3.17. The smallest absolute Gasteiger partial charge is 0.138 e. The highest BCUT2D eigenvalue weighted by atomic mass is 79.9. The van der Waals surface area contributed by atoms with Crippen LogP contribution in [0.2, 0.25) is 5.02 Å². The molecule has 2 nitrogen and oxygen atoms in total. The number of hydrogen-bond donors (Lipinski definition) is 1. The number of rotatable bonds is 6.